The largest absolute Gasteiger partial charge is 0.435 e. The van der Waals surface area contributed by atoms with Crippen LogP contribution in [0.2, 0.25) is 0 Å². The number of halogens is 3. The Balaban J connectivity index is 2.08. The predicted molar refractivity (Wildman–Crippen MR) is 69.3 cm³/mol. The minimum absolute atomic E-state index is 0.100. The summed E-state index contributed by atoms with van der Waals surface area (Å²) in [6, 6.07) is 9.04. The van der Waals surface area contributed by atoms with E-state index in [4.69, 9.17) is 0 Å². The third kappa shape index (κ3) is 3.88. The molecule has 0 aliphatic heterocycles. The van der Waals surface area contributed by atoms with E-state index in [1.165, 1.54) is 24.4 Å². The van der Waals surface area contributed by atoms with E-state index in [2.05, 4.69) is 15.0 Å². The number of nitrogens with one attached hydrogen (secondary N) is 1. The highest BCUT2D eigenvalue weighted by Crippen LogP contribution is 2.23. The number of alkyl halides is 2. The summed E-state index contributed by atoms with van der Waals surface area (Å²) in [6.45, 7) is -1.000. The van der Waals surface area contributed by atoms with Crippen LogP contribution in [0, 0.1) is 5.95 Å². The van der Waals surface area contributed by atoms with Crippen molar-refractivity contribution < 1.29 is 17.9 Å². The second kappa shape index (κ2) is 6.27. The average molecular weight is 282 g/mol. The number of benzene rings is 1. The van der Waals surface area contributed by atoms with E-state index in [0.717, 1.165) is 5.56 Å². The molecule has 1 unspecified atom stereocenters. The van der Waals surface area contributed by atoms with E-state index in [0.29, 0.717) is 5.69 Å². The Morgan fingerprint density at radius 3 is 2.65 bits per heavy atom. The molecule has 0 amide bonds. The van der Waals surface area contributed by atoms with Crippen LogP contribution < -0.4 is 10.1 Å². The number of anilines is 1. The van der Waals surface area contributed by atoms with Crippen LogP contribution in [-0.4, -0.2) is 11.6 Å². The van der Waals surface area contributed by atoms with Crippen LogP contribution >= 0.6 is 0 Å². The first kappa shape index (κ1) is 14.2. The van der Waals surface area contributed by atoms with Crippen LogP contribution in [0.25, 0.3) is 0 Å². The van der Waals surface area contributed by atoms with Crippen LogP contribution in [0.3, 0.4) is 0 Å². The zero-order chi connectivity index (χ0) is 14.5. The molecule has 106 valence electrons. The maximum absolute atomic E-state index is 12.7. The highest BCUT2D eigenvalue weighted by atomic mass is 19.3. The van der Waals surface area contributed by atoms with E-state index in [1.807, 2.05) is 6.92 Å². The van der Waals surface area contributed by atoms with Gasteiger partial charge in [-0.2, -0.15) is 13.2 Å². The van der Waals surface area contributed by atoms with Gasteiger partial charge < -0.3 is 10.1 Å². The molecule has 0 fully saturated rings. The van der Waals surface area contributed by atoms with E-state index < -0.39 is 12.6 Å². The van der Waals surface area contributed by atoms with Crippen LogP contribution in [0.1, 0.15) is 18.5 Å². The fourth-order valence-electron chi connectivity index (χ4n) is 1.75. The summed E-state index contributed by atoms with van der Waals surface area (Å²) in [7, 11) is 0. The summed E-state index contributed by atoms with van der Waals surface area (Å²) in [5, 5.41) is 3.09. The molecule has 0 bridgehead atoms. The lowest BCUT2D eigenvalue weighted by Gasteiger charge is -2.16. The summed E-state index contributed by atoms with van der Waals surface area (Å²) in [6.07, 6.45) is 1.37. The molecule has 3 nitrogen and oxygen atoms in total. The van der Waals surface area contributed by atoms with Crippen molar-refractivity contribution in [2.45, 2.75) is 19.6 Å². The second-order valence-electron chi connectivity index (χ2n) is 4.19. The molecule has 0 saturated carbocycles. The van der Waals surface area contributed by atoms with Gasteiger partial charge in [0.05, 0.1) is 11.9 Å². The number of aromatic nitrogens is 1. The lowest BCUT2D eigenvalue weighted by atomic mass is 10.1. The molecule has 1 aromatic heterocycles. The molecule has 0 saturated heterocycles. The van der Waals surface area contributed by atoms with E-state index >= 15 is 0 Å². The van der Waals surface area contributed by atoms with Gasteiger partial charge in [-0.15, -0.1) is 0 Å². The summed E-state index contributed by atoms with van der Waals surface area (Å²) in [5.74, 6) is -0.459. The molecule has 1 aromatic carbocycles. The number of nitrogens with zero attached hydrogens (tertiary/aromatic N) is 1. The van der Waals surface area contributed by atoms with Crippen LogP contribution in [0.5, 0.6) is 5.75 Å². The lowest BCUT2D eigenvalue weighted by Crippen LogP contribution is -2.08. The Kier molecular flexibility index (Phi) is 4.45. The van der Waals surface area contributed by atoms with Crippen molar-refractivity contribution in [1.82, 2.24) is 4.98 Å². The minimum atomic E-state index is -2.85. The second-order valence-corrected chi connectivity index (χ2v) is 4.19. The SMILES string of the molecule is CC(Nc1ccc(F)nc1)c1cccc(OC(F)F)c1. The predicted octanol–water partition coefficient (Wildman–Crippen LogP) is 4.00. The van der Waals surface area contributed by atoms with Gasteiger partial charge in [-0.05, 0) is 36.8 Å². The van der Waals surface area contributed by atoms with Gasteiger partial charge in [-0.3, -0.25) is 0 Å². The summed E-state index contributed by atoms with van der Waals surface area (Å²) >= 11 is 0. The molecule has 1 N–H and O–H groups in total. The Hall–Kier alpha value is -2.24. The highest BCUT2D eigenvalue weighted by Gasteiger charge is 2.09. The molecule has 0 aliphatic rings. The normalized spacial score (nSPS) is 12.2. The zero-order valence-corrected chi connectivity index (χ0v) is 10.7. The van der Waals surface area contributed by atoms with Crippen molar-refractivity contribution in [3.63, 3.8) is 0 Å². The summed E-state index contributed by atoms with van der Waals surface area (Å²) in [5.41, 5.74) is 1.41. The first-order valence-electron chi connectivity index (χ1n) is 5.97. The molecule has 2 aromatic rings. The fourth-order valence-corrected chi connectivity index (χ4v) is 1.75. The average Bonchev–Trinajstić information content (AvgIpc) is 2.41. The third-order valence-electron chi connectivity index (χ3n) is 2.69. The van der Waals surface area contributed by atoms with Gasteiger partial charge in [-0.1, -0.05) is 12.1 Å². The van der Waals surface area contributed by atoms with Crippen LogP contribution in [0.4, 0.5) is 18.9 Å². The topological polar surface area (TPSA) is 34.2 Å². The Morgan fingerprint density at radius 1 is 1.20 bits per heavy atom. The number of pyridine rings is 1. The van der Waals surface area contributed by atoms with Crippen molar-refractivity contribution in [2.75, 3.05) is 5.32 Å². The van der Waals surface area contributed by atoms with Crippen molar-refractivity contribution in [1.29, 1.82) is 0 Å². The van der Waals surface area contributed by atoms with E-state index in [-0.39, 0.29) is 11.8 Å². The van der Waals surface area contributed by atoms with Crippen molar-refractivity contribution in [3.8, 4) is 5.75 Å². The van der Waals surface area contributed by atoms with Gasteiger partial charge in [-0.25, -0.2) is 4.98 Å². The maximum atomic E-state index is 12.7. The summed E-state index contributed by atoms with van der Waals surface area (Å²) < 4.78 is 41.4. The number of hydrogen-bond donors (Lipinski definition) is 1. The molecule has 0 aliphatic carbocycles. The maximum Gasteiger partial charge on any atom is 0.387 e. The zero-order valence-electron chi connectivity index (χ0n) is 10.7. The highest BCUT2D eigenvalue weighted by molar-refractivity contribution is 5.43. The Morgan fingerprint density at radius 2 is 2.00 bits per heavy atom. The number of hydrogen-bond acceptors (Lipinski definition) is 3. The van der Waals surface area contributed by atoms with Gasteiger partial charge >= 0.3 is 6.61 Å². The van der Waals surface area contributed by atoms with Crippen molar-refractivity contribution in [3.05, 3.63) is 54.1 Å². The third-order valence-corrected chi connectivity index (χ3v) is 2.69. The first-order valence-corrected chi connectivity index (χ1v) is 5.97. The van der Waals surface area contributed by atoms with E-state index in [9.17, 15) is 13.2 Å². The summed E-state index contributed by atoms with van der Waals surface area (Å²) in [4.78, 5) is 3.53. The molecule has 2 rings (SSSR count). The standard InChI is InChI=1S/C14H13F3N2O/c1-9(19-11-5-6-13(15)18-8-11)10-3-2-4-12(7-10)20-14(16)17/h2-9,14,19H,1H3. The van der Waals surface area contributed by atoms with Gasteiger partial charge in [0.15, 0.2) is 0 Å². The van der Waals surface area contributed by atoms with Crippen LogP contribution in [0.15, 0.2) is 42.6 Å². The molecule has 20 heavy (non-hydrogen) atoms. The van der Waals surface area contributed by atoms with E-state index in [1.54, 1.807) is 18.2 Å². The first-order chi connectivity index (χ1) is 9.54. The fraction of sp³-hybridized carbons (Fsp3) is 0.214. The molecule has 6 heteroatoms. The number of rotatable bonds is 5. The van der Waals surface area contributed by atoms with Gasteiger partial charge in [0, 0.05) is 6.04 Å². The Labute approximate surface area is 114 Å². The van der Waals surface area contributed by atoms with Gasteiger partial charge in [0.2, 0.25) is 5.95 Å². The molecule has 0 radical (unpaired) electrons. The molecular formula is C14H13F3N2O. The van der Waals surface area contributed by atoms with Crippen molar-refractivity contribution in [2.24, 2.45) is 0 Å². The van der Waals surface area contributed by atoms with Gasteiger partial charge in [0.1, 0.15) is 5.75 Å². The Bertz CT molecular complexity index is 561. The molecule has 0 spiro atoms. The molecule has 1 atom stereocenters. The lowest BCUT2D eigenvalue weighted by molar-refractivity contribution is -0.0498. The van der Waals surface area contributed by atoms with Gasteiger partial charge in [0.25, 0.3) is 0 Å². The molecular weight excluding hydrogens is 269 g/mol. The van der Waals surface area contributed by atoms with Crippen LogP contribution in [-0.2, 0) is 0 Å². The number of ether oxygens (including phenoxy) is 1. The molecule has 1 heterocycles. The quantitative estimate of drug-likeness (QED) is 0.842. The minimum Gasteiger partial charge on any atom is -0.435 e. The smallest absolute Gasteiger partial charge is 0.387 e. The monoisotopic (exact) mass is 282 g/mol. The van der Waals surface area contributed by atoms with Crippen molar-refractivity contribution >= 4 is 5.69 Å².